The van der Waals surface area contributed by atoms with Crippen LogP contribution in [0.3, 0.4) is 0 Å². The number of pyridine rings is 1. The smallest absolute Gasteiger partial charge is 0.235 e. The van der Waals surface area contributed by atoms with Crippen molar-refractivity contribution in [3.8, 4) is 0 Å². The van der Waals surface area contributed by atoms with Crippen molar-refractivity contribution in [2.75, 3.05) is 6.54 Å². The van der Waals surface area contributed by atoms with Crippen molar-refractivity contribution < 1.29 is 13.2 Å². The fourth-order valence-electron chi connectivity index (χ4n) is 2.15. The molecule has 0 saturated carbocycles. The average Bonchev–Trinajstić information content (AvgIpc) is 2.55. The molecule has 7 heteroatoms. The van der Waals surface area contributed by atoms with Crippen LogP contribution in [-0.4, -0.2) is 25.9 Å². The van der Waals surface area contributed by atoms with Crippen LogP contribution in [-0.2, 0) is 27.1 Å². The fourth-order valence-corrected chi connectivity index (χ4v) is 3.33. The van der Waals surface area contributed by atoms with Gasteiger partial charge in [-0.1, -0.05) is 29.8 Å². The zero-order valence-corrected chi connectivity index (χ0v) is 14.6. The lowest BCUT2D eigenvalue weighted by Crippen LogP contribution is -2.37. The van der Waals surface area contributed by atoms with Gasteiger partial charge in [-0.15, -0.1) is 0 Å². The second kappa shape index (κ2) is 8.03. The van der Waals surface area contributed by atoms with Gasteiger partial charge in [-0.2, -0.15) is 0 Å². The second-order valence-electron chi connectivity index (χ2n) is 5.65. The zero-order chi connectivity index (χ0) is 17.6. The number of hydrogen-bond acceptors (Lipinski definition) is 4. The lowest BCUT2D eigenvalue weighted by Gasteiger charge is -2.10. The maximum absolute atomic E-state index is 12.1. The average molecular weight is 347 g/mol. The first kappa shape index (κ1) is 18.1. The number of nitrogens with one attached hydrogen (secondary N) is 2. The standard InChI is InChI=1S/C17H21N3O3S/c1-13-5-6-14(2)16(8-13)12-24(22,23)20-11-17(21)19-10-15-4-3-7-18-9-15/h3-9,20H,10-12H2,1-2H3,(H,19,21). The van der Waals surface area contributed by atoms with Crippen LogP contribution in [0.15, 0.2) is 42.7 Å². The molecule has 0 aliphatic carbocycles. The molecular formula is C17H21N3O3S. The van der Waals surface area contributed by atoms with Crippen LogP contribution in [0, 0.1) is 13.8 Å². The topological polar surface area (TPSA) is 88.2 Å². The number of benzene rings is 1. The maximum Gasteiger partial charge on any atom is 0.235 e. The first-order valence-corrected chi connectivity index (χ1v) is 9.20. The van der Waals surface area contributed by atoms with Gasteiger partial charge in [0, 0.05) is 18.9 Å². The Hall–Kier alpha value is -2.25. The quantitative estimate of drug-likeness (QED) is 0.793. The molecule has 0 atom stereocenters. The van der Waals surface area contributed by atoms with Crippen LogP contribution in [0.4, 0.5) is 0 Å². The molecular weight excluding hydrogens is 326 g/mol. The number of carbonyl (C=O) groups excluding carboxylic acids is 1. The van der Waals surface area contributed by atoms with E-state index in [1.165, 1.54) is 0 Å². The van der Waals surface area contributed by atoms with E-state index in [1.54, 1.807) is 18.5 Å². The molecule has 1 aromatic carbocycles. The van der Waals surface area contributed by atoms with Crippen molar-refractivity contribution in [1.29, 1.82) is 0 Å². The lowest BCUT2D eigenvalue weighted by atomic mass is 10.1. The van der Waals surface area contributed by atoms with E-state index in [0.717, 1.165) is 22.3 Å². The molecule has 1 amide bonds. The molecule has 1 aromatic heterocycles. The van der Waals surface area contributed by atoms with Gasteiger partial charge in [0.2, 0.25) is 15.9 Å². The number of nitrogens with zero attached hydrogens (tertiary/aromatic N) is 1. The van der Waals surface area contributed by atoms with Crippen LogP contribution in [0.1, 0.15) is 22.3 Å². The summed E-state index contributed by atoms with van der Waals surface area (Å²) in [5.74, 6) is -0.528. The Morgan fingerprint density at radius 2 is 2.00 bits per heavy atom. The van der Waals surface area contributed by atoms with E-state index in [2.05, 4.69) is 15.0 Å². The van der Waals surface area contributed by atoms with Gasteiger partial charge in [0.25, 0.3) is 0 Å². The highest BCUT2D eigenvalue weighted by Gasteiger charge is 2.15. The van der Waals surface area contributed by atoms with E-state index in [0.29, 0.717) is 6.54 Å². The molecule has 128 valence electrons. The Morgan fingerprint density at radius 3 is 2.71 bits per heavy atom. The highest BCUT2D eigenvalue weighted by Crippen LogP contribution is 2.13. The number of hydrogen-bond donors (Lipinski definition) is 2. The maximum atomic E-state index is 12.1. The molecule has 6 nitrogen and oxygen atoms in total. The lowest BCUT2D eigenvalue weighted by molar-refractivity contribution is -0.120. The first-order chi connectivity index (χ1) is 11.4. The number of sulfonamides is 1. The molecule has 0 radical (unpaired) electrons. The number of aryl methyl sites for hydroxylation is 2. The number of aromatic nitrogens is 1. The van der Waals surface area contributed by atoms with E-state index in [9.17, 15) is 13.2 Å². The van der Waals surface area contributed by atoms with Crippen LogP contribution < -0.4 is 10.0 Å². The van der Waals surface area contributed by atoms with Crippen molar-refractivity contribution in [2.24, 2.45) is 0 Å². The third-order valence-electron chi connectivity index (χ3n) is 3.52. The molecule has 0 aliphatic heterocycles. The van der Waals surface area contributed by atoms with Crippen molar-refractivity contribution in [2.45, 2.75) is 26.1 Å². The van der Waals surface area contributed by atoms with E-state index in [4.69, 9.17) is 0 Å². The number of amides is 1. The largest absolute Gasteiger partial charge is 0.351 e. The third-order valence-corrected chi connectivity index (χ3v) is 4.79. The molecule has 24 heavy (non-hydrogen) atoms. The molecule has 0 bridgehead atoms. The van der Waals surface area contributed by atoms with Crippen molar-refractivity contribution >= 4 is 15.9 Å². The van der Waals surface area contributed by atoms with Crippen molar-refractivity contribution in [3.05, 3.63) is 65.0 Å². The Balaban J connectivity index is 1.85. The molecule has 2 rings (SSSR count). The van der Waals surface area contributed by atoms with Gasteiger partial charge in [0.15, 0.2) is 0 Å². The minimum Gasteiger partial charge on any atom is -0.351 e. The molecule has 2 N–H and O–H groups in total. The van der Waals surface area contributed by atoms with E-state index in [1.807, 2.05) is 38.1 Å². The molecule has 0 saturated heterocycles. The predicted octanol–water partition coefficient (Wildman–Crippen LogP) is 1.43. The highest BCUT2D eigenvalue weighted by molar-refractivity contribution is 7.88. The third kappa shape index (κ3) is 5.75. The first-order valence-electron chi connectivity index (χ1n) is 7.55. The van der Waals surface area contributed by atoms with Crippen LogP contribution in [0.25, 0.3) is 0 Å². The number of carbonyl (C=O) groups is 1. The summed E-state index contributed by atoms with van der Waals surface area (Å²) in [4.78, 5) is 15.7. The Morgan fingerprint density at radius 1 is 1.21 bits per heavy atom. The summed E-state index contributed by atoms with van der Waals surface area (Å²) >= 11 is 0. The predicted molar refractivity (Wildman–Crippen MR) is 92.6 cm³/mol. The second-order valence-corrected chi connectivity index (χ2v) is 7.45. The summed E-state index contributed by atoms with van der Waals surface area (Å²) in [7, 11) is -3.58. The van der Waals surface area contributed by atoms with Gasteiger partial charge in [-0.3, -0.25) is 9.78 Å². The molecule has 0 aliphatic rings. The monoisotopic (exact) mass is 347 g/mol. The normalized spacial score (nSPS) is 11.2. The summed E-state index contributed by atoms with van der Waals surface area (Å²) in [6.45, 7) is 3.80. The van der Waals surface area contributed by atoms with Crippen molar-refractivity contribution in [1.82, 2.24) is 15.0 Å². The summed E-state index contributed by atoms with van der Waals surface area (Å²) in [5, 5.41) is 2.65. The number of rotatable bonds is 7. The van der Waals surface area contributed by atoms with Crippen LogP contribution >= 0.6 is 0 Å². The van der Waals surface area contributed by atoms with Gasteiger partial charge >= 0.3 is 0 Å². The molecule has 2 aromatic rings. The van der Waals surface area contributed by atoms with Gasteiger partial charge < -0.3 is 5.32 Å². The van der Waals surface area contributed by atoms with Gasteiger partial charge in [-0.05, 0) is 36.6 Å². The molecule has 0 unspecified atom stereocenters. The summed E-state index contributed by atoms with van der Waals surface area (Å²) in [5.41, 5.74) is 3.49. The van der Waals surface area contributed by atoms with Gasteiger partial charge in [-0.25, -0.2) is 13.1 Å². The Kier molecular flexibility index (Phi) is 6.05. The fraction of sp³-hybridized carbons (Fsp3) is 0.294. The highest BCUT2D eigenvalue weighted by atomic mass is 32.2. The van der Waals surface area contributed by atoms with Crippen LogP contribution in [0.5, 0.6) is 0 Å². The van der Waals surface area contributed by atoms with E-state index >= 15 is 0 Å². The molecule has 0 spiro atoms. The minimum absolute atomic E-state index is 0.142. The van der Waals surface area contributed by atoms with Gasteiger partial charge in [0.05, 0.1) is 12.3 Å². The molecule has 0 fully saturated rings. The van der Waals surface area contributed by atoms with Crippen LogP contribution in [0.2, 0.25) is 0 Å². The zero-order valence-electron chi connectivity index (χ0n) is 13.7. The molecule has 1 heterocycles. The Bertz CT molecular complexity index is 805. The summed E-state index contributed by atoms with van der Waals surface area (Å²) in [6.07, 6.45) is 3.29. The van der Waals surface area contributed by atoms with Gasteiger partial charge in [0.1, 0.15) is 0 Å². The van der Waals surface area contributed by atoms with E-state index < -0.39 is 10.0 Å². The minimum atomic E-state index is -3.58. The SMILES string of the molecule is Cc1ccc(C)c(CS(=O)(=O)NCC(=O)NCc2cccnc2)c1. The van der Waals surface area contributed by atoms with E-state index in [-0.39, 0.29) is 18.2 Å². The Labute approximate surface area is 142 Å². The summed E-state index contributed by atoms with van der Waals surface area (Å²) in [6, 6.07) is 9.27. The summed E-state index contributed by atoms with van der Waals surface area (Å²) < 4.78 is 26.6. The van der Waals surface area contributed by atoms with Crippen molar-refractivity contribution in [3.63, 3.8) is 0 Å².